The molecule has 0 spiro atoms. The highest BCUT2D eigenvalue weighted by atomic mass is 16.2. The zero-order valence-corrected chi connectivity index (χ0v) is 15.1. The van der Waals surface area contributed by atoms with E-state index >= 15 is 0 Å². The van der Waals surface area contributed by atoms with Gasteiger partial charge >= 0.3 is 0 Å². The van der Waals surface area contributed by atoms with Crippen LogP contribution in [-0.4, -0.2) is 22.3 Å². The van der Waals surface area contributed by atoms with E-state index in [-0.39, 0.29) is 5.92 Å². The summed E-state index contributed by atoms with van der Waals surface area (Å²) in [4.78, 5) is 19.8. The second kappa shape index (κ2) is 7.86. The van der Waals surface area contributed by atoms with Crippen LogP contribution in [0.15, 0.2) is 66.9 Å². The molecule has 3 atom stereocenters. The van der Waals surface area contributed by atoms with Gasteiger partial charge in [0.05, 0.1) is 12.2 Å². The number of amides is 1. The van der Waals surface area contributed by atoms with E-state index in [1.807, 2.05) is 30.5 Å². The summed E-state index contributed by atoms with van der Waals surface area (Å²) in [5, 5.41) is 0. The Bertz CT molecular complexity index is 756. The monoisotopic (exact) mass is 346 g/mol. The Kier molecular flexibility index (Phi) is 5.14. The van der Waals surface area contributed by atoms with E-state index in [0.717, 1.165) is 31.5 Å². The van der Waals surface area contributed by atoms with Gasteiger partial charge in [0, 0.05) is 18.7 Å². The van der Waals surface area contributed by atoms with Crippen LogP contribution in [0.4, 0.5) is 0 Å². The number of nitrogens with zero attached hydrogens (tertiary/aromatic N) is 2. The zero-order valence-electron chi connectivity index (χ0n) is 15.1. The van der Waals surface area contributed by atoms with E-state index in [1.165, 1.54) is 12.0 Å². The predicted molar refractivity (Wildman–Crippen MR) is 103 cm³/mol. The summed E-state index contributed by atoms with van der Waals surface area (Å²) in [6.45, 7) is 1.47. The number of hydrogen-bond acceptors (Lipinski definition) is 2. The van der Waals surface area contributed by atoms with E-state index in [0.29, 0.717) is 24.3 Å². The van der Waals surface area contributed by atoms with E-state index in [2.05, 4.69) is 46.3 Å². The first-order valence-corrected chi connectivity index (χ1v) is 9.70. The first-order chi connectivity index (χ1) is 12.8. The minimum absolute atomic E-state index is 0.139. The molecule has 2 aliphatic rings. The lowest BCUT2D eigenvalue weighted by atomic mass is 9.93. The topological polar surface area (TPSA) is 33.2 Å². The Hall–Kier alpha value is -2.42. The quantitative estimate of drug-likeness (QED) is 0.718. The lowest BCUT2D eigenvalue weighted by Gasteiger charge is -2.28. The Balaban J connectivity index is 1.46. The summed E-state index contributed by atoms with van der Waals surface area (Å²) in [5.41, 5.74) is 2.27. The Morgan fingerprint density at radius 3 is 2.65 bits per heavy atom. The fraction of sp³-hybridized carbons (Fsp3) is 0.391. The number of benzene rings is 1. The van der Waals surface area contributed by atoms with E-state index in [4.69, 9.17) is 0 Å². The third-order valence-corrected chi connectivity index (χ3v) is 5.58. The minimum Gasteiger partial charge on any atom is -0.336 e. The molecule has 2 aromatic rings. The maximum Gasteiger partial charge on any atom is 0.226 e. The highest BCUT2D eigenvalue weighted by molar-refractivity contribution is 5.83. The number of carbonyl (C=O) groups excluding carboxylic acids is 1. The number of hydrogen-bond donors (Lipinski definition) is 0. The lowest BCUT2D eigenvalue weighted by Crippen LogP contribution is -2.36. The van der Waals surface area contributed by atoms with E-state index in [9.17, 15) is 4.79 Å². The molecule has 0 bridgehead atoms. The maximum atomic E-state index is 13.2. The van der Waals surface area contributed by atoms with Crippen LogP contribution in [0.5, 0.6) is 0 Å². The van der Waals surface area contributed by atoms with Crippen LogP contribution in [0.3, 0.4) is 0 Å². The average molecular weight is 346 g/mol. The molecule has 1 aromatic heterocycles. The Morgan fingerprint density at radius 2 is 1.92 bits per heavy atom. The Morgan fingerprint density at radius 1 is 1.08 bits per heavy atom. The summed E-state index contributed by atoms with van der Waals surface area (Å²) in [6.07, 6.45) is 10.7. The third-order valence-electron chi connectivity index (χ3n) is 5.58. The van der Waals surface area contributed by atoms with Crippen LogP contribution < -0.4 is 0 Å². The van der Waals surface area contributed by atoms with Gasteiger partial charge in [-0.1, -0.05) is 48.6 Å². The van der Waals surface area contributed by atoms with Crippen molar-refractivity contribution < 1.29 is 4.79 Å². The lowest BCUT2D eigenvalue weighted by molar-refractivity contribution is -0.134. The smallest absolute Gasteiger partial charge is 0.226 e. The molecular formula is C23H26N2O. The molecule has 0 unspecified atom stereocenters. The van der Waals surface area contributed by atoms with Crippen LogP contribution >= 0.6 is 0 Å². The van der Waals surface area contributed by atoms with Gasteiger partial charge < -0.3 is 4.90 Å². The van der Waals surface area contributed by atoms with E-state index in [1.54, 1.807) is 0 Å². The van der Waals surface area contributed by atoms with Gasteiger partial charge in [-0.05, 0) is 55.2 Å². The molecule has 1 saturated carbocycles. The molecule has 0 N–H and O–H groups in total. The molecule has 1 aromatic carbocycles. The highest BCUT2D eigenvalue weighted by Gasteiger charge is 2.45. The average Bonchev–Trinajstić information content (AvgIpc) is 3.50. The minimum atomic E-state index is 0.139. The van der Waals surface area contributed by atoms with Crippen LogP contribution in [0.2, 0.25) is 0 Å². The van der Waals surface area contributed by atoms with Crippen molar-refractivity contribution in [1.82, 2.24) is 9.88 Å². The van der Waals surface area contributed by atoms with Crippen LogP contribution in [0.25, 0.3) is 0 Å². The van der Waals surface area contributed by atoms with Crippen LogP contribution in [0, 0.1) is 11.8 Å². The fourth-order valence-electron chi connectivity index (χ4n) is 4.02. The molecule has 3 heteroatoms. The molecular weight excluding hydrogens is 320 g/mol. The standard InChI is InChI=1S/C23H26N2O/c26-23(22-15-21(22)19-11-5-2-6-12-19)25(16-18-9-3-1-4-10-18)17-20-13-7-8-14-24-20/h1-3,5-8,11-14,18,21-22H,4,9-10,15-17H2/t18-,21-,22+/m0/s1. The first kappa shape index (κ1) is 17.0. The molecule has 2 aliphatic carbocycles. The van der Waals surface area contributed by atoms with Gasteiger partial charge in [-0.15, -0.1) is 0 Å². The summed E-state index contributed by atoms with van der Waals surface area (Å²) in [5.74, 6) is 1.40. The molecule has 1 amide bonds. The summed E-state index contributed by atoms with van der Waals surface area (Å²) >= 11 is 0. The van der Waals surface area contributed by atoms with Gasteiger partial charge in [-0.25, -0.2) is 0 Å². The second-order valence-electron chi connectivity index (χ2n) is 7.55. The normalized spacial score (nSPS) is 24.2. The number of rotatable bonds is 6. The van der Waals surface area contributed by atoms with Crippen molar-refractivity contribution >= 4 is 5.91 Å². The highest BCUT2D eigenvalue weighted by Crippen LogP contribution is 2.48. The number of aromatic nitrogens is 1. The molecule has 26 heavy (non-hydrogen) atoms. The van der Waals surface area contributed by atoms with Gasteiger partial charge in [-0.3, -0.25) is 9.78 Å². The van der Waals surface area contributed by atoms with Gasteiger partial charge in [0.15, 0.2) is 0 Å². The Labute approximate surface area is 155 Å². The summed E-state index contributed by atoms with van der Waals surface area (Å²) in [7, 11) is 0. The molecule has 0 aliphatic heterocycles. The number of pyridine rings is 1. The zero-order chi connectivity index (χ0) is 17.8. The van der Waals surface area contributed by atoms with Gasteiger partial charge in [0.1, 0.15) is 0 Å². The van der Waals surface area contributed by atoms with Crippen molar-refractivity contribution in [2.24, 2.45) is 11.8 Å². The van der Waals surface area contributed by atoms with E-state index < -0.39 is 0 Å². The first-order valence-electron chi connectivity index (χ1n) is 9.70. The van der Waals surface area contributed by atoms with Crippen LogP contribution in [0.1, 0.15) is 42.9 Å². The molecule has 1 fully saturated rings. The number of carbonyl (C=O) groups is 1. The molecule has 134 valence electrons. The molecule has 3 nitrogen and oxygen atoms in total. The van der Waals surface area contributed by atoms with Crippen LogP contribution in [-0.2, 0) is 11.3 Å². The van der Waals surface area contributed by atoms with Gasteiger partial charge in [-0.2, -0.15) is 0 Å². The fourth-order valence-corrected chi connectivity index (χ4v) is 4.02. The van der Waals surface area contributed by atoms with Crippen molar-refractivity contribution in [1.29, 1.82) is 0 Å². The predicted octanol–water partition coefficient (Wildman–Crippen LogP) is 4.57. The van der Waals surface area contributed by atoms with Crippen molar-refractivity contribution in [2.75, 3.05) is 6.54 Å². The van der Waals surface area contributed by atoms with Gasteiger partial charge in [0.25, 0.3) is 0 Å². The van der Waals surface area contributed by atoms with Gasteiger partial charge in [0.2, 0.25) is 5.91 Å². The summed E-state index contributed by atoms with van der Waals surface area (Å²) in [6, 6.07) is 16.4. The van der Waals surface area contributed by atoms with Crippen molar-refractivity contribution in [3.8, 4) is 0 Å². The SMILES string of the molecule is O=C([C@@H]1C[C@H]1c1ccccc1)N(Cc1ccccn1)C[C@H]1CC=CCC1. The molecule has 0 radical (unpaired) electrons. The number of allylic oxidation sites excluding steroid dienone is 2. The molecule has 0 saturated heterocycles. The van der Waals surface area contributed by atoms with Crippen molar-refractivity contribution in [3.63, 3.8) is 0 Å². The van der Waals surface area contributed by atoms with Crippen molar-refractivity contribution in [3.05, 3.63) is 78.1 Å². The molecule has 1 heterocycles. The van der Waals surface area contributed by atoms with Crippen molar-refractivity contribution in [2.45, 2.75) is 38.1 Å². The molecule has 4 rings (SSSR count). The second-order valence-corrected chi connectivity index (χ2v) is 7.55. The maximum absolute atomic E-state index is 13.2. The summed E-state index contributed by atoms with van der Waals surface area (Å²) < 4.78 is 0. The third kappa shape index (κ3) is 4.04. The largest absolute Gasteiger partial charge is 0.336 e.